The van der Waals surface area contributed by atoms with E-state index in [1.165, 1.54) is 0 Å². The molecule has 0 aliphatic heterocycles. The van der Waals surface area contributed by atoms with Gasteiger partial charge in [-0.05, 0) is 24.5 Å². The van der Waals surface area contributed by atoms with Crippen LogP contribution in [0.15, 0.2) is 36.7 Å². The van der Waals surface area contributed by atoms with Crippen LogP contribution in [0.3, 0.4) is 0 Å². The van der Waals surface area contributed by atoms with Crippen LogP contribution in [-0.2, 0) is 13.1 Å². The van der Waals surface area contributed by atoms with Crippen LogP contribution in [0.4, 0.5) is 5.69 Å². The van der Waals surface area contributed by atoms with E-state index in [-0.39, 0.29) is 6.10 Å². The Labute approximate surface area is 132 Å². The van der Waals surface area contributed by atoms with Gasteiger partial charge in [0.1, 0.15) is 12.2 Å². The summed E-state index contributed by atoms with van der Waals surface area (Å²) in [4.78, 5) is 6.56. The summed E-state index contributed by atoms with van der Waals surface area (Å²) >= 11 is 0. The van der Waals surface area contributed by atoms with Crippen LogP contribution in [-0.4, -0.2) is 32.5 Å². The number of rotatable bonds is 8. The molecular weight excluding hydrogens is 276 g/mol. The lowest BCUT2D eigenvalue weighted by Crippen LogP contribution is -2.33. The summed E-state index contributed by atoms with van der Waals surface area (Å²) in [5.74, 6) is 1.45. The summed E-state index contributed by atoms with van der Waals surface area (Å²) < 4.78 is 1.96. The molecule has 1 heterocycles. The minimum atomic E-state index is -0.346. The molecule has 1 atom stereocenters. The first kappa shape index (κ1) is 16.5. The van der Waals surface area contributed by atoms with E-state index in [1.54, 1.807) is 6.33 Å². The summed E-state index contributed by atoms with van der Waals surface area (Å²) in [6.07, 6.45) is 2.00. The first-order valence-electron chi connectivity index (χ1n) is 7.94. The van der Waals surface area contributed by atoms with Crippen molar-refractivity contribution in [1.29, 1.82) is 0 Å². The number of aliphatic hydroxyl groups excluding tert-OH is 1. The predicted octanol–water partition coefficient (Wildman–Crippen LogP) is 2.71. The predicted molar refractivity (Wildman–Crippen MR) is 88.6 cm³/mol. The minimum Gasteiger partial charge on any atom is -0.391 e. The first-order valence-corrected chi connectivity index (χ1v) is 7.94. The van der Waals surface area contributed by atoms with Gasteiger partial charge in [0.25, 0.3) is 0 Å². The molecule has 1 unspecified atom stereocenters. The average Bonchev–Trinajstić information content (AvgIpc) is 2.93. The van der Waals surface area contributed by atoms with E-state index in [0.717, 1.165) is 24.5 Å². The van der Waals surface area contributed by atoms with E-state index in [1.807, 2.05) is 29.8 Å². The molecule has 2 rings (SSSR count). The van der Waals surface area contributed by atoms with Crippen LogP contribution >= 0.6 is 0 Å². The standard InChI is InChI=1S/C17H26N4O/c1-4-16(22)11-20(15-8-6-5-7-9-15)12-17-18-13-19-21(17)10-14(2)3/h5-9,13-14,16,22H,4,10-12H2,1-3H3. The van der Waals surface area contributed by atoms with E-state index in [4.69, 9.17) is 0 Å². The highest BCUT2D eigenvalue weighted by Crippen LogP contribution is 2.17. The molecule has 2 aromatic rings. The molecule has 0 saturated carbocycles. The third-order valence-corrected chi connectivity index (χ3v) is 3.59. The number of aliphatic hydroxyl groups is 1. The fourth-order valence-electron chi connectivity index (χ4n) is 2.36. The number of benzene rings is 1. The summed E-state index contributed by atoms with van der Waals surface area (Å²) in [6, 6.07) is 10.1. The molecule has 120 valence electrons. The van der Waals surface area contributed by atoms with Crippen molar-refractivity contribution in [2.75, 3.05) is 11.4 Å². The Kier molecular flexibility index (Phi) is 5.95. The highest BCUT2D eigenvalue weighted by atomic mass is 16.3. The molecular formula is C17H26N4O. The Morgan fingerprint density at radius 1 is 1.23 bits per heavy atom. The van der Waals surface area contributed by atoms with Crippen molar-refractivity contribution in [3.05, 3.63) is 42.5 Å². The summed E-state index contributed by atoms with van der Waals surface area (Å²) in [5.41, 5.74) is 1.09. The Balaban J connectivity index is 2.18. The van der Waals surface area contributed by atoms with Crippen molar-refractivity contribution >= 4 is 5.69 Å². The maximum atomic E-state index is 10.0. The van der Waals surface area contributed by atoms with Crippen molar-refractivity contribution in [1.82, 2.24) is 14.8 Å². The second kappa shape index (κ2) is 7.94. The van der Waals surface area contributed by atoms with E-state index in [9.17, 15) is 5.11 Å². The smallest absolute Gasteiger partial charge is 0.146 e. The van der Waals surface area contributed by atoms with Gasteiger partial charge in [-0.15, -0.1) is 0 Å². The molecule has 0 aliphatic rings. The second-order valence-corrected chi connectivity index (χ2v) is 6.03. The molecule has 5 nitrogen and oxygen atoms in total. The van der Waals surface area contributed by atoms with Crippen LogP contribution in [0.2, 0.25) is 0 Å². The number of hydrogen-bond acceptors (Lipinski definition) is 4. The number of hydrogen-bond donors (Lipinski definition) is 1. The number of aromatic nitrogens is 3. The Morgan fingerprint density at radius 3 is 2.59 bits per heavy atom. The zero-order chi connectivity index (χ0) is 15.9. The number of anilines is 1. The Morgan fingerprint density at radius 2 is 1.95 bits per heavy atom. The molecule has 1 aromatic carbocycles. The zero-order valence-electron chi connectivity index (χ0n) is 13.7. The molecule has 0 spiro atoms. The minimum absolute atomic E-state index is 0.346. The third-order valence-electron chi connectivity index (χ3n) is 3.59. The molecule has 0 bridgehead atoms. The Hall–Kier alpha value is -1.88. The van der Waals surface area contributed by atoms with Crippen molar-refractivity contribution in [2.45, 2.75) is 46.4 Å². The molecule has 0 radical (unpaired) electrons. The van der Waals surface area contributed by atoms with Crippen LogP contribution in [0.25, 0.3) is 0 Å². The van der Waals surface area contributed by atoms with Crippen LogP contribution in [0.5, 0.6) is 0 Å². The highest BCUT2D eigenvalue weighted by Gasteiger charge is 2.15. The zero-order valence-corrected chi connectivity index (χ0v) is 13.7. The molecule has 1 N–H and O–H groups in total. The fourth-order valence-corrected chi connectivity index (χ4v) is 2.36. The van der Waals surface area contributed by atoms with Gasteiger partial charge in [0, 0.05) is 18.8 Å². The second-order valence-electron chi connectivity index (χ2n) is 6.03. The lowest BCUT2D eigenvalue weighted by Gasteiger charge is -2.27. The van der Waals surface area contributed by atoms with E-state index >= 15 is 0 Å². The largest absolute Gasteiger partial charge is 0.391 e. The fraction of sp³-hybridized carbons (Fsp3) is 0.529. The lowest BCUT2D eigenvalue weighted by atomic mass is 10.2. The van der Waals surface area contributed by atoms with Crippen molar-refractivity contribution < 1.29 is 5.11 Å². The molecule has 22 heavy (non-hydrogen) atoms. The lowest BCUT2D eigenvalue weighted by molar-refractivity contribution is 0.175. The van der Waals surface area contributed by atoms with Gasteiger partial charge in [0.05, 0.1) is 12.6 Å². The maximum absolute atomic E-state index is 10.0. The summed E-state index contributed by atoms with van der Waals surface area (Å²) in [6.45, 7) is 8.43. The van der Waals surface area contributed by atoms with Crippen molar-refractivity contribution in [3.8, 4) is 0 Å². The Bertz CT molecular complexity index is 553. The average molecular weight is 302 g/mol. The van der Waals surface area contributed by atoms with Crippen molar-refractivity contribution in [2.24, 2.45) is 5.92 Å². The quantitative estimate of drug-likeness (QED) is 0.814. The molecule has 0 amide bonds. The normalized spacial score (nSPS) is 12.6. The number of nitrogens with zero attached hydrogens (tertiary/aromatic N) is 4. The molecule has 0 fully saturated rings. The summed E-state index contributed by atoms with van der Waals surface area (Å²) in [5, 5.41) is 14.4. The van der Waals surface area contributed by atoms with E-state index in [0.29, 0.717) is 19.0 Å². The third kappa shape index (κ3) is 4.56. The van der Waals surface area contributed by atoms with Crippen LogP contribution < -0.4 is 4.90 Å². The van der Waals surface area contributed by atoms with Gasteiger partial charge in [0.15, 0.2) is 0 Å². The number of para-hydroxylation sites is 1. The monoisotopic (exact) mass is 302 g/mol. The van der Waals surface area contributed by atoms with Gasteiger partial charge in [-0.2, -0.15) is 5.10 Å². The van der Waals surface area contributed by atoms with E-state index < -0.39 is 0 Å². The van der Waals surface area contributed by atoms with Gasteiger partial charge in [-0.3, -0.25) is 0 Å². The topological polar surface area (TPSA) is 54.2 Å². The molecule has 5 heteroatoms. The molecule has 0 saturated heterocycles. The first-order chi connectivity index (χ1) is 10.6. The summed E-state index contributed by atoms with van der Waals surface area (Å²) in [7, 11) is 0. The van der Waals surface area contributed by atoms with Gasteiger partial charge in [-0.1, -0.05) is 39.0 Å². The SMILES string of the molecule is CCC(O)CN(Cc1ncnn1CC(C)C)c1ccccc1. The van der Waals surface area contributed by atoms with Gasteiger partial charge >= 0.3 is 0 Å². The molecule has 0 aliphatic carbocycles. The van der Waals surface area contributed by atoms with Gasteiger partial charge in [0.2, 0.25) is 0 Å². The van der Waals surface area contributed by atoms with E-state index in [2.05, 4.69) is 41.0 Å². The van der Waals surface area contributed by atoms with Crippen LogP contribution in [0.1, 0.15) is 33.0 Å². The van der Waals surface area contributed by atoms with Crippen LogP contribution in [0, 0.1) is 5.92 Å². The molecule has 1 aromatic heterocycles. The van der Waals surface area contributed by atoms with Gasteiger partial charge in [-0.25, -0.2) is 9.67 Å². The van der Waals surface area contributed by atoms with Crippen molar-refractivity contribution in [3.63, 3.8) is 0 Å². The van der Waals surface area contributed by atoms with Gasteiger partial charge < -0.3 is 10.0 Å². The maximum Gasteiger partial charge on any atom is 0.146 e. The highest BCUT2D eigenvalue weighted by molar-refractivity contribution is 5.46.